The lowest BCUT2D eigenvalue weighted by atomic mass is 10.1. The average molecular weight is 246 g/mol. The number of amides is 2. The first kappa shape index (κ1) is 15.7. The average Bonchev–Trinajstić information content (AvgIpc) is 2.23. The number of rotatable bonds is 8. The fraction of sp³-hybridized carbons (Fsp3) is 0.818. The molecule has 0 rings (SSSR count). The summed E-state index contributed by atoms with van der Waals surface area (Å²) in [6.07, 6.45) is 2.11. The van der Waals surface area contributed by atoms with E-state index in [4.69, 9.17) is 9.84 Å². The first-order chi connectivity index (χ1) is 8.01. The molecule has 0 radical (unpaired) electrons. The Bertz CT molecular complexity index is 246. The molecule has 6 heteroatoms. The van der Waals surface area contributed by atoms with Gasteiger partial charge in [-0.15, -0.1) is 0 Å². The van der Waals surface area contributed by atoms with Crippen LogP contribution in [0, 0.1) is 0 Å². The molecule has 0 fully saturated rings. The smallest absolute Gasteiger partial charge is 0.326 e. The van der Waals surface area contributed by atoms with Crippen LogP contribution in [0.5, 0.6) is 0 Å². The molecule has 17 heavy (non-hydrogen) atoms. The molecule has 0 bridgehead atoms. The lowest BCUT2D eigenvalue weighted by Crippen LogP contribution is -2.49. The molecule has 2 atom stereocenters. The van der Waals surface area contributed by atoms with E-state index in [2.05, 4.69) is 10.6 Å². The maximum absolute atomic E-state index is 11.5. The van der Waals surface area contributed by atoms with Gasteiger partial charge >= 0.3 is 12.0 Å². The molecule has 0 aromatic heterocycles. The molecule has 0 saturated carbocycles. The number of unbranched alkanes of at least 4 members (excludes halogenated alkanes) is 1. The Morgan fingerprint density at radius 1 is 1.35 bits per heavy atom. The molecule has 0 aromatic carbocycles. The van der Waals surface area contributed by atoms with Crippen LogP contribution >= 0.6 is 0 Å². The normalized spacial score (nSPS) is 13.8. The summed E-state index contributed by atoms with van der Waals surface area (Å²) in [5, 5.41) is 14.0. The number of carbonyl (C=O) groups excluding carboxylic acids is 1. The molecule has 0 aromatic rings. The first-order valence-corrected chi connectivity index (χ1v) is 5.80. The molecular formula is C11H22N2O4. The zero-order valence-electron chi connectivity index (χ0n) is 10.7. The van der Waals surface area contributed by atoms with E-state index in [-0.39, 0.29) is 6.04 Å². The van der Waals surface area contributed by atoms with Gasteiger partial charge in [0.15, 0.2) is 0 Å². The third-order valence-corrected chi connectivity index (χ3v) is 2.24. The Labute approximate surface area is 102 Å². The number of methoxy groups -OCH3 is 1. The summed E-state index contributed by atoms with van der Waals surface area (Å²) in [5.74, 6) is -1.01. The van der Waals surface area contributed by atoms with Crippen molar-refractivity contribution in [2.75, 3.05) is 13.7 Å². The topological polar surface area (TPSA) is 87.7 Å². The Morgan fingerprint density at radius 3 is 2.47 bits per heavy atom. The van der Waals surface area contributed by atoms with Crippen LogP contribution in [0.1, 0.15) is 33.1 Å². The highest BCUT2D eigenvalue weighted by Crippen LogP contribution is 2.00. The summed E-state index contributed by atoms with van der Waals surface area (Å²) in [7, 11) is 1.54. The number of carbonyl (C=O) groups is 2. The van der Waals surface area contributed by atoms with Gasteiger partial charge in [-0.3, -0.25) is 0 Å². The van der Waals surface area contributed by atoms with Crippen LogP contribution in [0.15, 0.2) is 0 Å². The van der Waals surface area contributed by atoms with Gasteiger partial charge in [-0.25, -0.2) is 9.59 Å². The maximum Gasteiger partial charge on any atom is 0.326 e. The van der Waals surface area contributed by atoms with Crippen molar-refractivity contribution in [2.45, 2.75) is 45.2 Å². The minimum Gasteiger partial charge on any atom is -0.480 e. The lowest BCUT2D eigenvalue weighted by Gasteiger charge is -2.17. The highest BCUT2D eigenvalue weighted by atomic mass is 16.5. The molecule has 6 nitrogen and oxygen atoms in total. The summed E-state index contributed by atoms with van der Waals surface area (Å²) in [4.78, 5) is 22.4. The van der Waals surface area contributed by atoms with E-state index in [1.54, 1.807) is 6.92 Å². The van der Waals surface area contributed by atoms with Crippen molar-refractivity contribution in [3.8, 4) is 0 Å². The number of aliphatic carboxylic acids is 1. The maximum atomic E-state index is 11.5. The van der Waals surface area contributed by atoms with Gasteiger partial charge in [0.2, 0.25) is 0 Å². The molecular weight excluding hydrogens is 224 g/mol. The van der Waals surface area contributed by atoms with E-state index in [1.807, 2.05) is 6.92 Å². The Kier molecular flexibility index (Phi) is 8.13. The second-order valence-corrected chi connectivity index (χ2v) is 4.01. The van der Waals surface area contributed by atoms with E-state index in [1.165, 1.54) is 7.11 Å². The fourth-order valence-electron chi connectivity index (χ4n) is 1.38. The van der Waals surface area contributed by atoms with Crippen LogP contribution in [0.2, 0.25) is 0 Å². The summed E-state index contributed by atoms with van der Waals surface area (Å²) < 4.78 is 4.86. The van der Waals surface area contributed by atoms with Gasteiger partial charge < -0.3 is 20.5 Å². The largest absolute Gasteiger partial charge is 0.480 e. The van der Waals surface area contributed by atoms with Gasteiger partial charge in [-0.05, 0) is 13.3 Å². The molecule has 3 N–H and O–H groups in total. The highest BCUT2D eigenvalue weighted by Gasteiger charge is 2.19. The summed E-state index contributed by atoms with van der Waals surface area (Å²) in [5.41, 5.74) is 0. The fourth-order valence-corrected chi connectivity index (χ4v) is 1.38. The second kappa shape index (κ2) is 8.81. The number of hydrogen-bond acceptors (Lipinski definition) is 3. The van der Waals surface area contributed by atoms with Crippen molar-refractivity contribution in [1.29, 1.82) is 0 Å². The minimum atomic E-state index is -1.01. The Hall–Kier alpha value is -1.30. The molecule has 0 heterocycles. The predicted molar refractivity (Wildman–Crippen MR) is 64.0 cm³/mol. The molecule has 2 amide bonds. The van der Waals surface area contributed by atoms with Crippen LogP contribution in [0.4, 0.5) is 4.79 Å². The molecule has 0 spiro atoms. The van der Waals surface area contributed by atoms with Crippen LogP contribution in [-0.4, -0.2) is 42.9 Å². The van der Waals surface area contributed by atoms with Crippen molar-refractivity contribution in [2.24, 2.45) is 0 Å². The van der Waals surface area contributed by atoms with E-state index in [9.17, 15) is 9.59 Å². The SMILES string of the molecule is CCCC[C@H](NC(=O)NC(C)COC)C(=O)O. The number of ether oxygens (including phenoxy) is 1. The number of urea groups is 1. The Balaban J connectivity index is 4.07. The van der Waals surface area contributed by atoms with Crippen LogP contribution in [0.3, 0.4) is 0 Å². The van der Waals surface area contributed by atoms with E-state index in [0.29, 0.717) is 13.0 Å². The number of carboxylic acids is 1. The van der Waals surface area contributed by atoms with E-state index < -0.39 is 18.0 Å². The number of carboxylic acid groups (broad SMARTS) is 1. The van der Waals surface area contributed by atoms with Crippen LogP contribution in [0.25, 0.3) is 0 Å². The molecule has 0 aliphatic carbocycles. The molecule has 0 aliphatic heterocycles. The van der Waals surface area contributed by atoms with Crippen LogP contribution in [-0.2, 0) is 9.53 Å². The summed E-state index contributed by atoms with van der Waals surface area (Å²) in [6, 6.07) is -1.46. The van der Waals surface area contributed by atoms with E-state index in [0.717, 1.165) is 12.8 Å². The van der Waals surface area contributed by atoms with Crippen molar-refractivity contribution < 1.29 is 19.4 Å². The van der Waals surface area contributed by atoms with Crippen molar-refractivity contribution in [1.82, 2.24) is 10.6 Å². The second-order valence-electron chi connectivity index (χ2n) is 4.01. The number of hydrogen-bond donors (Lipinski definition) is 3. The Morgan fingerprint density at radius 2 is 2.00 bits per heavy atom. The molecule has 0 aliphatic rings. The minimum absolute atomic E-state index is 0.152. The lowest BCUT2D eigenvalue weighted by molar-refractivity contribution is -0.139. The van der Waals surface area contributed by atoms with Gasteiger partial charge in [0, 0.05) is 7.11 Å². The van der Waals surface area contributed by atoms with Crippen molar-refractivity contribution >= 4 is 12.0 Å². The van der Waals surface area contributed by atoms with Crippen molar-refractivity contribution in [3.63, 3.8) is 0 Å². The first-order valence-electron chi connectivity index (χ1n) is 5.80. The van der Waals surface area contributed by atoms with Gasteiger partial charge in [0.25, 0.3) is 0 Å². The van der Waals surface area contributed by atoms with E-state index >= 15 is 0 Å². The van der Waals surface area contributed by atoms with Gasteiger partial charge in [0.1, 0.15) is 6.04 Å². The van der Waals surface area contributed by atoms with Gasteiger partial charge in [0.05, 0.1) is 12.6 Å². The van der Waals surface area contributed by atoms with Gasteiger partial charge in [-0.1, -0.05) is 19.8 Å². The molecule has 100 valence electrons. The monoisotopic (exact) mass is 246 g/mol. The molecule has 1 unspecified atom stereocenters. The third-order valence-electron chi connectivity index (χ3n) is 2.24. The third kappa shape index (κ3) is 7.57. The van der Waals surface area contributed by atoms with Crippen molar-refractivity contribution in [3.05, 3.63) is 0 Å². The number of nitrogens with one attached hydrogen (secondary N) is 2. The van der Waals surface area contributed by atoms with Gasteiger partial charge in [-0.2, -0.15) is 0 Å². The van der Waals surface area contributed by atoms with Crippen LogP contribution < -0.4 is 10.6 Å². The summed E-state index contributed by atoms with van der Waals surface area (Å²) >= 11 is 0. The zero-order valence-corrected chi connectivity index (χ0v) is 10.7. The quantitative estimate of drug-likeness (QED) is 0.595. The zero-order chi connectivity index (χ0) is 13.3. The highest BCUT2D eigenvalue weighted by molar-refractivity contribution is 5.82. The molecule has 0 saturated heterocycles. The standard InChI is InChI=1S/C11H22N2O4/c1-4-5-6-9(10(14)15)13-11(16)12-8(2)7-17-3/h8-9H,4-7H2,1-3H3,(H,14,15)(H2,12,13,16)/t8?,9-/m0/s1. The predicted octanol–water partition coefficient (Wildman–Crippen LogP) is 0.964. The summed E-state index contributed by atoms with van der Waals surface area (Å²) in [6.45, 7) is 4.14.